The molecule has 2 rings (SSSR count). The summed E-state index contributed by atoms with van der Waals surface area (Å²) in [5.41, 5.74) is 1.40. The van der Waals surface area contributed by atoms with E-state index in [0.717, 1.165) is 5.56 Å². The van der Waals surface area contributed by atoms with E-state index in [0.29, 0.717) is 18.5 Å². The Morgan fingerprint density at radius 1 is 0.923 bits per heavy atom. The zero-order valence-electron chi connectivity index (χ0n) is 14.4. The molecule has 0 bridgehead atoms. The Morgan fingerprint density at radius 3 is 2.15 bits per heavy atom. The molecule has 0 radical (unpaired) electrons. The van der Waals surface area contributed by atoms with Crippen molar-refractivity contribution in [1.29, 1.82) is 0 Å². The Balaban J connectivity index is 1.72. The average molecular weight is 354 g/mol. The van der Waals surface area contributed by atoms with Crippen molar-refractivity contribution < 1.29 is 19.5 Å². The summed E-state index contributed by atoms with van der Waals surface area (Å²) in [6.07, 6.45) is 0.808. The van der Waals surface area contributed by atoms with Crippen molar-refractivity contribution in [1.82, 2.24) is 10.6 Å². The summed E-state index contributed by atoms with van der Waals surface area (Å²) in [6.45, 7) is 0.345. The molecular formula is C20H22N2O4. The van der Waals surface area contributed by atoms with Gasteiger partial charge in [0.05, 0.1) is 0 Å². The highest BCUT2D eigenvalue weighted by Crippen LogP contribution is 2.04. The van der Waals surface area contributed by atoms with Crippen LogP contribution in [0, 0.1) is 0 Å². The maximum absolute atomic E-state index is 12.0. The Kier molecular flexibility index (Phi) is 7.36. The van der Waals surface area contributed by atoms with Crippen molar-refractivity contribution >= 4 is 17.8 Å². The number of hydrogen-bond acceptors (Lipinski definition) is 3. The van der Waals surface area contributed by atoms with E-state index in [4.69, 9.17) is 0 Å². The van der Waals surface area contributed by atoms with Gasteiger partial charge in [0.25, 0.3) is 5.91 Å². The SMILES string of the molecule is O=C(CCCNC(=O)c1ccccc1)NC(Cc1ccccc1)C(=O)O. The molecule has 0 spiro atoms. The van der Waals surface area contributed by atoms with Gasteiger partial charge in [-0.25, -0.2) is 4.79 Å². The molecular weight excluding hydrogens is 332 g/mol. The first-order valence-electron chi connectivity index (χ1n) is 8.45. The smallest absolute Gasteiger partial charge is 0.326 e. The largest absolute Gasteiger partial charge is 0.480 e. The van der Waals surface area contributed by atoms with E-state index in [1.54, 1.807) is 24.3 Å². The van der Waals surface area contributed by atoms with Crippen LogP contribution in [0.4, 0.5) is 0 Å². The van der Waals surface area contributed by atoms with Crippen LogP contribution < -0.4 is 10.6 Å². The summed E-state index contributed by atoms with van der Waals surface area (Å²) in [6, 6.07) is 17.0. The molecule has 0 fully saturated rings. The van der Waals surface area contributed by atoms with Crippen LogP contribution in [0.15, 0.2) is 60.7 Å². The Bertz CT molecular complexity index is 732. The van der Waals surface area contributed by atoms with Crippen LogP contribution in [-0.2, 0) is 16.0 Å². The van der Waals surface area contributed by atoms with Crippen LogP contribution in [0.3, 0.4) is 0 Å². The maximum atomic E-state index is 12.0. The lowest BCUT2D eigenvalue weighted by molar-refractivity contribution is -0.141. The van der Waals surface area contributed by atoms with Crippen molar-refractivity contribution in [3.8, 4) is 0 Å². The summed E-state index contributed by atoms with van der Waals surface area (Å²) in [4.78, 5) is 35.2. The molecule has 0 aliphatic carbocycles. The van der Waals surface area contributed by atoms with Gasteiger partial charge in [-0.1, -0.05) is 48.5 Å². The monoisotopic (exact) mass is 354 g/mol. The third-order valence-corrected chi connectivity index (χ3v) is 3.82. The maximum Gasteiger partial charge on any atom is 0.326 e. The number of amides is 2. The summed E-state index contributed by atoms with van der Waals surface area (Å²) < 4.78 is 0. The van der Waals surface area contributed by atoms with E-state index >= 15 is 0 Å². The highest BCUT2D eigenvalue weighted by Gasteiger charge is 2.20. The van der Waals surface area contributed by atoms with E-state index in [2.05, 4.69) is 10.6 Å². The minimum absolute atomic E-state index is 0.146. The van der Waals surface area contributed by atoms with Crippen molar-refractivity contribution in [3.05, 3.63) is 71.8 Å². The number of rotatable bonds is 9. The number of carboxylic acids is 1. The van der Waals surface area contributed by atoms with Gasteiger partial charge in [0.15, 0.2) is 0 Å². The van der Waals surface area contributed by atoms with E-state index in [1.807, 2.05) is 36.4 Å². The molecule has 2 aromatic rings. The van der Waals surface area contributed by atoms with Gasteiger partial charge in [-0.15, -0.1) is 0 Å². The van der Waals surface area contributed by atoms with Gasteiger partial charge in [0.2, 0.25) is 5.91 Å². The number of carbonyl (C=O) groups is 3. The van der Waals surface area contributed by atoms with E-state index in [9.17, 15) is 19.5 Å². The fourth-order valence-corrected chi connectivity index (χ4v) is 2.46. The predicted molar refractivity (Wildman–Crippen MR) is 97.7 cm³/mol. The van der Waals surface area contributed by atoms with Crippen molar-refractivity contribution in [2.45, 2.75) is 25.3 Å². The predicted octanol–water partition coefficient (Wildman–Crippen LogP) is 2.01. The van der Waals surface area contributed by atoms with Crippen LogP contribution >= 0.6 is 0 Å². The van der Waals surface area contributed by atoms with Crippen molar-refractivity contribution in [3.63, 3.8) is 0 Å². The van der Waals surface area contributed by atoms with E-state index < -0.39 is 12.0 Å². The molecule has 3 N–H and O–H groups in total. The summed E-state index contributed by atoms with van der Waals surface area (Å²) >= 11 is 0. The molecule has 6 heteroatoms. The summed E-state index contributed by atoms with van der Waals surface area (Å²) in [7, 11) is 0. The minimum atomic E-state index is -1.07. The quantitative estimate of drug-likeness (QED) is 0.600. The second kappa shape index (κ2) is 9.98. The number of benzene rings is 2. The lowest BCUT2D eigenvalue weighted by atomic mass is 10.1. The Hall–Kier alpha value is -3.15. The van der Waals surface area contributed by atoms with Gasteiger partial charge in [-0.3, -0.25) is 9.59 Å². The fraction of sp³-hybridized carbons (Fsp3) is 0.250. The zero-order valence-corrected chi connectivity index (χ0v) is 14.4. The lowest BCUT2D eigenvalue weighted by Gasteiger charge is -2.14. The lowest BCUT2D eigenvalue weighted by Crippen LogP contribution is -2.42. The second-order valence-corrected chi connectivity index (χ2v) is 5.87. The molecule has 0 saturated carbocycles. The molecule has 0 aromatic heterocycles. The number of hydrogen-bond donors (Lipinski definition) is 3. The minimum Gasteiger partial charge on any atom is -0.480 e. The topological polar surface area (TPSA) is 95.5 Å². The van der Waals surface area contributed by atoms with Gasteiger partial charge < -0.3 is 15.7 Å². The van der Waals surface area contributed by atoms with Gasteiger partial charge in [-0.05, 0) is 24.1 Å². The van der Waals surface area contributed by atoms with E-state index in [-0.39, 0.29) is 24.7 Å². The van der Waals surface area contributed by atoms with Crippen LogP contribution in [-0.4, -0.2) is 35.5 Å². The molecule has 1 atom stereocenters. The van der Waals surface area contributed by atoms with Crippen LogP contribution in [0.25, 0.3) is 0 Å². The molecule has 0 aliphatic heterocycles. The highest BCUT2D eigenvalue weighted by atomic mass is 16.4. The average Bonchev–Trinajstić information content (AvgIpc) is 2.66. The van der Waals surface area contributed by atoms with Gasteiger partial charge >= 0.3 is 5.97 Å². The van der Waals surface area contributed by atoms with Crippen molar-refractivity contribution in [2.24, 2.45) is 0 Å². The summed E-state index contributed by atoms with van der Waals surface area (Å²) in [5.74, 6) is -1.61. The molecule has 136 valence electrons. The van der Waals surface area contributed by atoms with Crippen LogP contribution in [0.2, 0.25) is 0 Å². The third kappa shape index (κ3) is 6.39. The number of carbonyl (C=O) groups excluding carboxylic acids is 2. The Labute approximate surface area is 152 Å². The fourth-order valence-electron chi connectivity index (χ4n) is 2.46. The third-order valence-electron chi connectivity index (χ3n) is 3.82. The molecule has 0 heterocycles. The van der Waals surface area contributed by atoms with Crippen molar-refractivity contribution in [2.75, 3.05) is 6.54 Å². The molecule has 0 saturated heterocycles. The van der Waals surface area contributed by atoms with Gasteiger partial charge in [0, 0.05) is 24.9 Å². The zero-order chi connectivity index (χ0) is 18.8. The number of aliphatic carboxylic acids is 1. The van der Waals surface area contributed by atoms with Crippen LogP contribution in [0.5, 0.6) is 0 Å². The number of nitrogens with one attached hydrogen (secondary N) is 2. The first kappa shape index (κ1) is 19.2. The Morgan fingerprint density at radius 2 is 1.54 bits per heavy atom. The highest BCUT2D eigenvalue weighted by molar-refractivity contribution is 5.94. The summed E-state index contributed by atoms with van der Waals surface area (Å²) in [5, 5.41) is 14.6. The second-order valence-electron chi connectivity index (χ2n) is 5.87. The molecule has 6 nitrogen and oxygen atoms in total. The normalized spacial score (nSPS) is 11.4. The standard InChI is InChI=1S/C20H22N2O4/c23-18(12-7-13-21-19(24)16-10-5-2-6-11-16)22-17(20(25)26)14-15-8-3-1-4-9-15/h1-6,8-11,17H,7,12-14H2,(H,21,24)(H,22,23)(H,25,26). The van der Waals surface area contributed by atoms with Gasteiger partial charge in [0.1, 0.15) is 6.04 Å². The molecule has 2 aromatic carbocycles. The van der Waals surface area contributed by atoms with Crippen LogP contribution in [0.1, 0.15) is 28.8 Å². The first-order valence-corrected chi connectivity index (χ1v) is 8.45. The van der Waals surface area contributed by atoms with E-state index in [1.165, 1.54) is 0 Å². The molecule has 2 amide bonds. The molecule has 1 unspecified atom stereocenters. The van der Waals surface area contributed by atoms with Gasteiger partial charge in [-0.2, -0.15) is 0 Å². The molecule has 26 heavy (non-hydrogen) atoms. The number of carboxylic acid groups (broad SMARTS) is 1. The first-order chi connectivity index (χ1) is 12.6. The molecule has 0 aliphatic rings.